The molecule has 0 bridgehead atoms. The lowest BCUT2D eigenvalue weighted by molar-refractivity contribution is 0.102. The molecule has 0 saturated heterocycles. The van der Waals surface area contributed by atoms with Crippen LogP contribution in [-0.2, 0) is 0 Å². The molecule has 0 saturated carbocycles. The van der Waals surface area contributed by atoms with Crippen molar-refractivity contribution in [2.75, 3.05) is 5.32 Å². The van der Waals surface area contributed by atoms with E-state index in [1.165, 1.54) is 24.3 Å². The van der Waals surface area contributed by atoms with Gasteiger partial charge < -0.3 is 15.4 Å². The zero-order valence-electron chi connectivity index (χ0n) is 9.06. The van der Waals surface area contributed by atoms with Crippen LogP contribution in [0.3, 0.4) is 0 Å². The summed E-state index contributed by atoms with van der Waals surface area (Å²) in [7, 11) is 0. The van der Waals surface area contributed by atoms with Gasteiger partial charge in [-0.05, 0) is 24.3 Å². The van der Waals surface area contributed by atoms with Crippen molar-refractivity contribution in [2.24, 2.45) is 0 Å². The van der Waals surface area contributed by atoms with Gasteiger partial charge in [0.2, 0.25) is 0 Å². The number of aromatic amines is 2. The van der Waals surface area contributed by atoms with Gasteiger partial charge in [0.15, 0.2) is 0 Å². The first-order chi connectivity index (χ1) is 8.56. The SMILES string of the molecule is O=C(Nc1ccc(O)cc1)c1c[nH]c(=O)[nH]c1=O. The number of phenols is 1. The van der Waals surface area contributed by atoms with E-state index in [9.17, 15) is 14.4 Å². The number of nitrogens with one attached hydrogen (secondary N) is 3. The van der Waals surface area contributed by atoms with Crippen molar-refractivity contribution < 1.29 is 9.90 Å². The summed E-state index contributed by atoms with van der Waals surface area (Å²) in [4.78, 5) is 38.0. The fourth-order valence-electron chi connectivity index (χ4n) is 1.32. The lowest BCUT2D eigenvalue weighted by Crippen LogP contribution is -2.29. The highest BCUT2D eigenvalue weighted by Gasteiger charge is 2.10. The van der Waals surface area contributed by atoms with Gasteiger partial charge in [-0.2, -0.15) is 0 Å². The van der Waals surface area contributed by atoms with Crippen LogP contribution in [0.25, 0.3) is 0 Å². The van der Waals surface area contributed by atoms with E-state index in [0.29, 0.717) is 5.69 Å². The van der Waals surface area contributed by atoms with E-state index in [1.807, 2.05) is 4.98 Å². The van der Waals surface area contributed by atoms with E-state index in [4.69, 9.17) is 5.11 Å². The van der Waals surface area contributed by atoms with Gasteiger partial charge in [-0.1, -0.05) is 0 Å². The minimum absolute atomic E-state index is 0.0647. The number of amides is 1. The molecular weight excluding hydrogens is 238 g/mol. The van der Waals surface area contributed by atoms with Crippen LogP contribution < -0.4 is 16.6 Å². The molecule has 0 atom stereocenters. The average molecular weight is 247 g/mol. The van der Waals surface area contributed by atoms with Crippen LogP contribution >= 0.6 is 0 Å². The topological polar surface area (TPSA) is 115 Å². The van der Waals surface area contributed by atoms with E-state index in [-0.39, 0.29) is 11.3 Å². The van der Waals surface area contributed by atoms with Gasteiger partial charge in [0.25, 0.3) is 11.5 Å². The van der Waals surface area contributed by atoms with Crippen LogP contribution in [0.5, 0.6) is 5.75 Å². The Bertz CT molecular complexity index is 684. The van der Waals surface area contributed by atoms with Crippen LogP contribution in [0.15, 0.2) is 40.1 Å². The number of hydrogen-bond donors (Lipinski definition) is 4. The molecule has 92 valence electrons. The van der Waals surface area contributed by atoms with Gasteiger partial charge in [-0.3, -0.25) is 14.6 Å². The lowest BCUT2D eigenvalue weighted by atomic mass is 10.2. The first-order valence-electron chi connectivity index (χ1n) is 4.98. The third-order valence-electron chi connectivity index (χ3n) is 2.19. The predicted molar refractivity (Wildman–Crippen MR) is 63.7 cm³/mol. The number of rotatable bonds is 2. The molecule has 0 radical (unpaired) electrons. The molecule has 0 aliphatic carbocycles. The van der Waals surface area contributed by atoms with Crippen LogP contribution in [0, 0.1) is 0 Å². The van der Waals surface area contributed by atoms with E-state index in [0.717, 1.165) is 6.20 Å². The number of H-pyrrole nitrogens is 2. The highest BCUT2D eigenvalue weighted by Crippen LogP contribution is 2.13. The van der Waals surface area contributed by atoms with E-state index in [2.05, 4.69) is 10.3 Å². The summed E-state index contributed by atoms with van der Waals surface area (Å²) < 4.78 is 0. The van der Waals surface area contributed by atoms with Gasteiger partial charge in [0.1, 0.15) is 11.3 Å². The molecule has 2 rings (SSSR count). The lowest BCUT2D eigenvalue weighted by Gasteiger charge is -2.04. The maximum Gasteiger partial charge on any atom is 0.325 e. The summed E-state index contributed by atoms with van der Waals surface area (Å²) in [5.74, 6) is -0.590. The minimum atomic E-state index is -0.768. The normalized spacial score (nSPS) is 10.0. The van der Waals surface area contributed by atoms with Crippen LogP contribution in [0.1, 0.15) is 10.4 Å². The molecule has 0 fully saturated rings. The summed E-state index contributed by atoms with van der Waals surface area (Å²) >= 11 is 0. The zero-order chi connectivity index (χ0) is 13.1. The molecule has 7 nitrogen and oxygen atoms in total. The first kappa shape index (κ1) is 11.6. The largest absolute Gasteiger partial charge is 0.508 e. The molecule has 4 N–H and O–H groups in total. The molecule has 0 unspecified atom stereocenters. The Hall–Kier alpha value is -2.83. The van der Waals surface area contributed by atoms with Crippen molar-refractivity contribution in [2.45, 2.75) is 0 Å². The summed E-state index contributed by atoms with van der Waals surface area (Å²) in [6, 6.07) is 5.75. The van der Waals surface area contributed by atoms with Gasteiger partial charge in [-0.25, -0.2) is 4.79 Å². The Balaban J connectivity index is 2.24. The fraction of sp³-hybridized carbons (Fsp3) is 0. The summed E-state index contributed by atoms with van der Waals surface area (Å²) in [5, 5.41) is 11.5. The predicted octanol–water partition coefficient (Wildman–Crippen LogP) is 0.0211. The maximum atomic E-state index is 11.7. The summed E-state index contributed by atoms with van der Waals surface area (Å²) in [6.45, 7) is 0. The standard InChI is InChI=1S/C11H9N3O4/c15-7-3-1-6(2-4-7)13-9(16)8-5-12-11(18)14-10(8)17/h1-5,15H,(H,13,16)(H2,12,14,17,18). The Kier molecular flexibility index (Phi) is 2.96. The minimum Gasteiger partial charge on any atom is -0.508 e. The van der Waals surface area contributed by atoms with Crippen LogP contribution in [0.4, 0.5) is 5.69 Å². The van der Waals surface area contributed by atoms with Crippen molar-refractivity contribution in [1.82, 2.24) is 9.97 Å². The molecule has 0 spiro atoms. The number of benzene rings is 1. The van der Waals surface area contributed by atoms with E-state index < -0.39 is 17.2 Å². The molecule has 7 heteroatoms. The Morgan fingerprint density at radius 1 is 1.17 bits per heavy atom. The number of phenolic OH excluding ortho intramolecular Hbond substituents is 1. The second kappa shape index (κ2) is 4.58. The Morgan fingerprint density at radius 2 is 1.83 bits per heavy atom. The smallest absolute Gasteiger partial charge is 0.325 e. The molecule has 2 aromatic rings. The van der Waals surface area contributed by atoms with Crippen LogP contribution in [0.2, 0.25) is 0 Å². The first-order valence-corrected chi connectivity index (χ1v) is 4.98. The average Bonchev–Trinajstić information content (AvgIpc) is 2.32. The Labute approximate surface area is 100 Å². The second-order valence-corrected chi connectivity index (χ2v) is 3.49. The molecular formula is C11H9N3O4. The van der Waals surface area contributed by atoms with Gasteiger partial charge in [0, 0.05) is 11.9 Å². The third-order valence-corrected chi connectivity index (χ3v) is 2.19. The quantitative estimate of drug-likeness (QED) is 0.560. The van der Waals surface area contributed by atoms with Crippen LogP contribution in [-0.4, -0.2) is 21.0 Å². The van der Waals surface area contributed by atoms with Crippen molar-refractivity contribution in [3.63, 3.8) is 0 Å². The van der Waals surface area contributed by atoms with Crippen molar-refractivity contribution >= 4 is 11.6 Å². The Morgan fingerprint density at radius 3 is 2.44 bits per heavy atom. The number of carbonyl (C=O) groups is 1. The van der Waals surface area contributed by atoms with Gasteiger partial charge >= 0.3 is 5.69 Å². The van der Waals surface area contributed by atoms with E-state index >= 15 is 0 Å². The number of aromatic hydroxyl groups is 1. The van der Waals surface area contributed by atoms with Crippen molar-refractivity contribution in [3.05, 3.63) is 56.9 Å². The van der Waals surface area contributed by atoms with E-state index in [1.54, 1.807) is 0 Å². The van der Waals surface area contributed by atoms with Crippen molar-refractivity contribution in [3.8, 4) is 5.75 Å². The van der Waals surface area contributed by atoms with Gasteiger partial charge in [0.05, 0.1) is 0 Å². The number of anilines is 1. The number of hydrogen-bond acceptors (Lipinski definition) is 4. The molecule has 0 aliphatic heterocycles. The van der Waals surface area contributed by atoms with Gasteiger partial charge in [-0.15, -0.1) is 0 Å². The highest BCUT2D eigenvalue weighted by atomic mass is 16.3. The monoisotopic (exact) mass is 247 g/mol. The highest BCUT2D eigenvalue weighted by molar-refractivity contribution is 6.03. The molecule has 0 aliphatic rings. The second-order valence-electron chi connectivity index (χ2n) is 3.49. The molecule has 1 aromatic heterocycles. The fourth-order valence-corrected chi connectivity index (χ4v) is 1.32. The molecule has 1 amide bonds. The number of aromatic nitrogens is 2. The summed E-state index contributed by atoms with van der Waals surface area (Å²) in [5.41, 5.74) is -1.23. The summed E-state index contributed by atoms with van der Waals surface area (Å²) in [6.07, 6.45) is 1.04. The molecule has 1 aromatic carbocycles. The molecule has 1 heterocycles. The van der Waals surface area contributed by atoms with Crippen molar-refractivity contribution in [1.29, 1.82) is 0 Å². The third kappa shape index (κ3) is 2.46. The maximum absolute atomic E-state index is 11.7. The molecule has 18 heavy (non-hydrogen) atoms. The zero-order valence-corrected chi connectivity index (χ0v) is 9.06. The number of carbonyl (C=O) groups excluding carboxylic acids is 1.